The molecule has 0 aliphatic rings. The zero-order chi connectivity index (χ0) is 15.1. The van der Waals surface area contributed by atoms with Crippen molar-refractivity contribution >= 4 is 17.3 Å². The Labute approximate surface area is 124 Å². The SMILES string of the molecule is CCOc1ncccc1NC(=O)CCc1ccc(N)cc1. The third-order valence-corrected chi connectivity index (χ3v) is 2.95. The van der Waals surface area contributed by atoms with E-state index in [0.29, 0.717) is 31.0 Å². The van der Waals surface area contributed by atoms with E-state index in [2.05, 4.69) is 10.3 Å². The number of nitrogen functional groups attached to an aromatic ring is 1. The second-order valence-electron chi connectivity index (χ2n) is 4.58. The van der Waals surface area contributed by atoms with Gasteiger partial charge in [-0.25, -0.2) is 4.98 Å². The van der Waals surface area contributed by atoms with Crippen molar-refractivity contribution in [1.29, 1.82) is 0 Å². The summed E-state index contributed by atoms with van der Waals surface area (Å²) in [5, 5.41) is 2.83. The molecule has 2 rings (SSSR count). The van der Waals surface area contributed by atoms with Crippen LogP contribution < -0.4 is 15.8 Å². The first kappa shape index (κ1) is 14.8. The molecule has 0 spiro atoms. The number of nitrogens with one attached hydrogen (secondary N) is 1. The lowest BCUT2D eigenvalue weighted by Crippen LogP contribution is -2.13. The van der Waals surface area contributed by atoms with E-state index >= 15 is 0 Å². The summed E-state index contributed by atoms with van der Waals surface area (Å²) in [6, 6.07) is 11.1. The molecule has 0 unspecified atom stereocenters. The predicted octanol–water partition coefficient (Wildman–Crippen LogP) is 2.63. The molecule has 1 aromatic heterocycles. The Balaban J connectivity index is 1.91. The van der Waals surface area contributed by atoms with Gasteiger partial charge in [-0.2, -0.15) is 0 Å². The third-order valence-electron chi connectivity index (χ3n) is 2.95. The zero-order valence-corrected chi connectivity index (χ0v) is 12.0. The van der Waals surface area contributed by atoms with Gasteiger partial charge in [0.15, 0.2) is 0 Å². The molecule has 110 valence electrons. The molecule has 2 aromatic rings. The van der Waals surface area contributed by atoms with Gasteiger partial charge in [0.1, 0.15) is 5.69 Å². The van der Waals surface area contributed by atoms with Gasteiger partial charge in [0.05, 0.1) is 6.61 Å². The average Bonchev–Trinajstić information content (AvgIpc) is 2.49. The molecule has 0 saturated carbocycles. The van der Waals surface area contributed by atoms with E-state index in [9.17, 15) is 4.79 Å². The van der Waals surface area contributed by atoms with Crippen LogP contribution in [-0.2, 0) is 11.2 Å². The van der Waals surface area contributed by atoms with Crippen LogP contribution in [0.4, 0.5) is 11.4 Å². The Morgan fingerprint density at radius 3 is 2.76 bits per heavy atom. The molecule has 0 radical (unpaired) electrons. The third kappa shape index (κ3) is 4.49. The van der Waals surface area contributed by atoms with Crippen molar-refractivity contribution < 1.29 is 9.53 Å². The minimum atomic E-state index is -0.0687. The van der Waals surface area contributed by atoms with Crippen LogP contribution in [0.15, 0.2) is 42.6 Å². The Kier molecular flexibility index (Phi) is 5.15. The fourth-order valence-electron chi connectivity index (χ4n) is 1.89. The van der Waals surface area contributed by atoms with Gasteiger partial charge in [-0.1, -0.05) is 12.1 Å². The number of aryl methyl sites for hydroxylation is 1. The zero-order valence-electron chi connectivity index (χ0n) is 12.0. The lowest BCUT2D eigenvalue weighted by atomic mass is 10.1. The van der Waals surface area contributed by atoms with Crippen LogP contribution in [0.1, 0.15) is 18.9 Å². The summed E-state index contributed by atoms with van der Waals surface area (Å²) in [4.78, 5) is 16.1. The molecule has 5 nitrogen and oxygen atoms in total. The Morgan fingerprint density at radius 2 is 2.05 bits per heavy atom. The maximum atomic E-state index is 12.0. The number of amides is 1. The summed E-state index contributed by atoms with van der Waals surface area (Å²) in [5.41, 5.74) is 8.03. The molecular formula is C16H19N3O2. The van der Waals surface area contributed by atoms with Crippen LogP contribution in [0.25, 0.3) is 0 Å². The summed E-state index contributed by atoms with van der Waals surface area (Å²) in [6.07, 6.45) is 2.69. The minimum Gasteiger partial charge on any atom is -0.476 e. The molecular weight excluding hydrogens is 266 g/mol. The molecule has 3 N–H and O–H groups in total. The fourth-order valence-corrected chi connectivity index (χ4v) is 1.89. The number of hydrogen-bond donors (Lipinski definition) is 2. The van der Waals surface area contributed by atoms with E-state index in [1.807, 2.05) is 31.2 Å². The second-order valence-corrected chi connectivity index (χ2v) is 4.58. The van der Waals surface area contributed by atoms with Crippen molar-refractivity contribution in [1.82, 2.24) is 4.98 Å². The number of anilines is 2. The van der Waals surface area contributed by atoms with Crippen LogP contribution >= 0.6 is 0 Å². The number of pyridine rings is 1. The summed E-state index contributed by atoms with van der Waals surface area (Å²) in [5.74, 6) is 0.376. The van der Waals surface area contributed by atoms with Crippen molar-refractivity contribution in [2.75, 3.05) is 17.7 Å². The number of nitrogens with zero attached hydrogens (tertiary/aromatic N) is 1. The highest BCUT2D eigenvalue weighted by molar-refractivity contribution is 5.91. The molecule has 0 fully saturated rings. The number of carbonyl (C=O) groups is 1. The van der Waals surface area contributed by atoms with Crippen molar-refractivity contribution in [3.8, 4) is 5.88 Å². The summed E-state index contributed by atoms with van der Waals surface area (Å²) in [6.45, 7) is 2.38. The standard InChI is InChI=1S/C16H19N3O2/c1-2-21-16-14(4-3-11-18-16)19-15(20)10-7-12-5-8-13(17)9-6-12/h3-6,8-9,11H,2,7,10,17H2,1H3,(H,19,20). The van der Waals surface area contributed by atoms with Gasteiger partial charge in [0.25, 0.3) is 0 Å². The van der Waals surface area contributed by atoms with Gasteiger partial charge in [-0.05, 0) is 43.2 Å². The first-order valence-corrected chi connectivity index (χ1v) is 6.91. The lowest BCUT2D eigenvalue weighted by Gasteiger charge is -2.10. The summed E-state index contributed by atoms with van der Waals surface area (Å²) in [7, 11) is 0. The molecule has 5 heteroatoms. The topological polar surface area (TPSA) is 77.2 Å². The highest BCUT2D eigenvalue weighted by Crippen LogP contribution is 2.20. The molecule has 21 heavy (non-hydrogen) atoms. The van der Waals surface area contributed by atoms with Crippen LogP contribution in [-0.4, -0.2) is 17.5 Å². The number of rotatable bonds is 6. The van der Waals surface area contributed by atoms with Gasteiger partial charge < -0.3 is 15.8 Å². The van der Waals surface area contributed by atoms with Gasteiger partial charge in [0.2, 0.25) is 11.8 Å². The van der Waals surface area contributed by atoms with Crippen molar-refractivity contribution in [3.05, 3.63) is 48.2 Å². The van der Waals surface area contributed by atoms with Crippen LogP contribution in [0.5, 0.6) is 5.88 Å². The predicted molar refractivity (Wildman–Crippen MR) is 83.2 cm³/mol. The van der Waals surface area contributed by atoms with Crippen LogP contribution in [0, 0.1) is 0 Å². The molecule has 0 saturated heterocycles. The van der Waals surface area contributed by atoms with E-state index in [-0.39, 0.29) is 5.91 Å². The smallest absolute Gasteiger partial charge is 0.237 e. The van der Waals surface area contributed by atoms with Gasteiger partial charge in [0, 0.05) is 18.3 Å². The van der Waals surface area contributed by atoms with Crippen LogP contribution in [0.2, 0.25) is 0 Å². The molecule has 0 aliphatic heterocycles. The van der Waals surface area contributed by atoms with Crippen molar-refractivity contribution in [2.24, 2.45) is 0 Å². The molecule has 1 amide bonds. The second kappa shape index (κ2) is 7.28. The van der Waals surface area contributed by atoms with E-state index in [0.717, 1.165) is 11.3 Å². The van der Waals surface area contributed by atoms with E-state index < -0.39 is 0 Å². The maximum Gasteiger partial charge on any atom is 0.237 e. The van der Waals surface area contributed by atoms with Crippen molar-refractivity contribution in [3.63, 3.8) is 0 Å². The maximum absolute atomic E-state index is 12.0. The van der Waals surface area contributed by atoms with E-state index in [4.69, 9.17) is 10.5 Å². The number of carbonyl (C=O) groups excluding carboxylic acids is 1. The highest BCUT2D eigenvalue weighted by atomic mass is 16.5. The first-order chi connectivity index (χ1) is 10.2. The van der Waals surface area contributed by atoms with E-state index in [1.165, 1.54) is 0 Å². The Morgan fingerprint density at radius 1 is 1.29 bits per heavy atom. The Hall–Kier alpha value is -2.56. The number of nitrogens with two attached hydrogens (primary N) is 1. The largest absolute Gasteiger partial charge is 0.476 e. The first-order valence-electron chi connectivity index (χ1n) is 6.91. The number of benzene rings is 1. The molecule has 0 aliphatic carbocycles. The normalized spacial score (nSPS) is 10.1. The molecule has 0 bridgehead atoms. The molecule has 1 heterocycles. The van der Waals surface area contributed by atoms with Crippen LogP contribution in [0.3, 0.4) is 0 Å². The quantitative estimate of drug-likeness (QED) is 0.800. The van der Waals surface area contributed by atoms with Gasteiger partial charge in [-0.3, -0.25) is 4.79 Å². The highest BCUT2D eigenvalue weighted by Gasteiger charge is 2.08. The average molecular weight is 285 g/mol. The number of aromatic nitrogens is 1. The van der Waals surface area contributed by atoms with Crippen molar-refractivity contribution in [2.45, 2.75) is 19.8 Å². The minimum absolute atomic E-state index is 0.0687. The molecule has 1 aromatic carbocycles. The summed E-state index contributed by atoms with van der Waals surface area (Å²) < 4.78 is 5.37. The van der Waals surface area contributed by atoms with Gasteiger partial charge >= 0.3 is 0 Å². The monoisotopic (exact) mass is 285 g/mol. The number of hydrogen-bond acceptors (Lipinski definition) is 4. The van der Waals surface area contributed by atoms with E-state index in [1.54, 1.807) is 18.3 Å². The number of ether oxygens (including phenoxy) is 1. The molecule has 0 atom stereocenters. The Bertz CT molecular complexity index is 597. The van der Waals surface area contributed by atoms with Gasteiger partial charge in [-0.15, -0.1) is 0 Å². The fraction of sp³-hybridized carbons (Fsp3) is 0.250. The lowest BCUT2D eigenvalue weighted by molar-refractivity contribution is -0.116. The summed E-state index contributed by atoms with van der Waals surface area (Å²) >= 11 is 0.